The van der Waals surface area contributed by atoms with E-state index in [0.717, 1.165) is 17.5 Å². The van der Waals surface area contributed by atoms with Crippen LogP contribution in [0, 0.1) is 19.8 Å². The van der Waals surface area contributed by atoms with Crippen molar-refractivity contribution >= 4 is 15.9 Å². The van der Waals surface area contributed by atoms with Crippen molar-refractivity contribution in [3.05, 3.63) is 64.7 Å². The van der Waals surface area contributed by atoms with Crippen LogP contribution in [0.1, 0.15) is 48.1 Å². The Hall–Kier alpha value is -2.22. The highest BCUT2D eigenvalue weighted by Crippen LogP contribution is 2.26. The average molecular weight is 472 g/mol. The topological polar surface area (TPSA) is 69.7 Å². The lowest BCUT2D eigenvalue weighted by Crippen LogP contribution is -2.44. The number of benzene rings is 2. The number of carbonyl (C=O) groups excluding carboxylic acids is 1. The predicted octanol–water partition coefficient (Wildman–Crippen LogP) is 3.69. The number of amides is 1. The highest BCUT2D eigenvalue weighted by Gasteiger charge is 2.33. The molecule has 7 heteroatoms. The Bertz CT molecular complexity index is 1060. The van der Waals surface area contributed by atoms with Crippen LogP contribution in [0.2, 0.25) is 0 Å². The van der Waals surface area contributed by atoms with Gasteiger partial charge in [-0.1, -0.05) is 48.9 Å². The fourth-order valence-corrected chi connectivity index (χ4v) is 6.18. The third-order valence-electron chi connectivity index (χ3n) is 6.64. The standard InChI is InChI=1S/C26H37N3O3S/c1-6-21-8-10-22(11-9-21)24(28(4)5)18-27-26(30)23-13-15-29(16-14-23)33(31,32)25-12-7-19(2)17-20(25)3/h7-12,17,23-24H,6,13-16,18H2,1-5H3,(H,27,30)/t24-/m1/s1. The fourth-order valence-electron chi connectivity index (χ4n) is 4.50. The van der Waals surface area contributed by atoms with E-state index >= 15 is 0 Å². The van der Waals surface area contributed by atoms with Crippen molar-refractivity contribution in [2.45, 2.75) is 51.0 Å². The number of nitrogens with zero attached hydrogens (tertiary/aromatic N) is 2. The first-order valence-corrected chi connectivity index (χ1v) is 13.2. The van der Waals surface area contributed by atoms with Crippen molar-refractivity contribution < 1.29 is 13.2 Å². The van der Waals surface area contributed by atoms with Gasteiger partial charge in [0.25, 0.3) is 0 Å². The first-order valence-electron chi connectivity index (χ1n) is 11.7. The van der Waals surface area contributed by atoms with Gasteiger partial charge in [-0.2, -0.15) is 4.31 Å². The molecular weight excluding hydrogens is 434 g/mol. The SMILES string of the molecule is CCc1ccc([C@@H](CNC(=O)C2CCN(S(=O)(=O)c3ccc(C)cc3C)CC2)N(C)C)cc1. The summed E-state index contributed by atoms with van der Waals surface area (Å²) in [5.74, 6) is -0.156. The van der Waals surface area contributed by atoms with Crippen molar-refractivity contribution in [1.29, 1.82) is 0 Å². The number of piperidine rings is 1. The van der Waals surface area contributed by atoms with Crippen LogP contribution in [0.3, 0.4) is 0 Å². The van der Waals surface area contributed by atoms with Gasteiger partial charge in [-0.15, -0.1) is 0 Å². The van der Waals surface area contributed by atoms with E-state index < -0.39 is 10.0 Å². The Morgan fingerprint density at radius 3 is 2.27 bits per heavy atom. The van der Waals surface area contributed by atoms with Crippen LogP contribution in [0.5, 0.6) is 0 Å². The summed E-state index contributed by atoms with van der Waals surface area (Å²) in [6.45, 7) is 7.17. The summed E-state index contributed by atoms with van der Waals surface area (Å²) in [7, 11) is 0.487. The van der Waals surface area contributed by atoms with Crippen molar-refractivity contribution in [3.8, 4) is 0 Å². The maximum atomic E-state index is 13.1. The number of rotatable bonds is 8. The molecule has 0 aliphatic carbocycles. The summed E-state index contributed by atoms with van der Waals surface area (Å²) in [5, 5.41) is 3.11. The van der Waals surface area contributed by atoms with Crippen LogP contribution in [-0.2, 0) is 21.2 Å². The number of aryl methyl sites for hydroxylation is 3. The molecule has 2 aromatic carbocycles. The summed E-state index contributed by atoms with van der Waals surface area (Å²) in [6, 6.07) is 14.0. The molecule has 1 aliphatic rings. The Kier molecular flexibility index (Phi) is 8.32. The Labute approximate surface area is 199 Å². The number of nitrogens with one attached hydrogen (secondary N) is 1. The second kappa shape index (κ2) is 10.8. The smallest absolute Gasteiger partial charge is 0.243 e. The minimum Gasteiger partial charge on any atom is -0.354 e. The Morgan fingerprint density at radius 1 is 1.09 bits per heavy atom. The molecule has 1 amide bonds. The number of carbonyl (C=O) groups is 1. The molecule has 0 unspecified atom stereocenters. The van der Waals surface area contributed by atoms with Crippen LogP contribution < -0.4 is 5.32 Å². The van der Waals surface area contributed by atoms with Gasteiger partial charge in [0.15, 0.2) is 0 Å². The zero-order valence-corrected chi connectivity index (χ0v) is 21.3. The Morgan fingerprint density at radius 2 is 1.73 bits per heavy atom. The molecule has 2 aromatic rings. The minimum absolute atomic E-state index is 0.00981. The summed E-state index contributed by atoms with van der Waals surface area (Å²) < 4.78 is 27.7. The van der Waals surface area contributed by atoms with E-state index in [1.807, 2.05) is 40.1 Å². The molecule has 1 heterocycles. The van der Waals surface area contributed by atoms with Gasteiger partial charge >= 0.3 is 0 Å². The molecule has 0 spiro atoms. The molecule has 0 radical (unpaired) electrons. The normalized spacial score (nSPS) is 16.7. The van der Waals surface area contributed by atoms with Gasteiger partial charge in [0, 0.05) is 25.6 Å². The van der Waals surface area contributed by atoms with Gasteiger partial charge in [-0.25, -0.2) is 8.42 Å². The predicted molar refractivity (Wildman–Crippen MR) is 133 cm³/mol. The first kappa shape index (κ1) is 25.4. The van der Waals surface area contributed by atoms with Gasteiger partial charge in [-0.3, -0.25) is 4.79 Å². The maximum Gasteiger partial charge on any atom is 0.243 e. The summed E-state index contributed by atoms with van der Waals surface area (Å²) in [5.41, 5.74) is 4.27. The molecule has 33 heavy (non-hydrogen) atoms. The molecule has 180 valence electrons. The number of hydrogen-bond donors (Lipinski definition) is 1. The largest absolute Gasteiger partial charge is 0.354 e. The number of sulfonamides is 1. The van der Waals surface area contributed by atoms with Gasteiger partial charge in [0.1, 0.15) is 0 Å². The lowest BCUT2D eigenvalue weighted by Gasteiger charge is -2.32. The van der Waals surface area contributed by atoms with Gasteiger partial charge in [0.2, 0.25) is 15.9 Å². The van der Waals surface area contributed by atoms with E-state index in [-0.39, 0.29) is 17.9 Å². The van der Waals surface area contributed by atoms with Crippen molar-refractivity contribution in [2.24, 2.45) is 5.92 Å². The molecule has 0 saturated carbocycles. The molecule has 0 aromatic heterocycles. The van der Waals surface area contributed by atoms with Crippen LogP contribution in [0.25, 0.3) is 0 Å². The zero-order valence-electron chi connectivity index (χ0n) is 20.5. The van der Waals surface area contributed by atoms with E-state index in [1.54, 1.807) is 6.07 Å². The average Bonchev–Trinajstić information content (AvgIpc) is 2.79. The Balaban J connectivity index is 1.58. The van der Waals surface area contributed by atoms with Crippen LogP contribution in [-0.4, -0.2) is 57.3 Å². The number of likely N-dealkylation sites (N-methyl/N-ethyl adjacent to an activating group) is 1. The highest BCUT2D eigenvalue weighted by atomic mass is 32.2. The van der Waals surface area contributed by atoms with E-state index in [2.05, 4.69) is 41.4 Å². The fraction of sp³-hybridized carbons (Fsp3) is 0.500. The molecule has 1 atom stereocenters. The molecule has 1 saturated heterocycles. The van der Waals surface area contributed by atoms with E-state index in [4.69, 9.17) is 0 Å². The summed E-state index contributed by atoms with van der Waals surface area (Å²) >= 11 is 0. The lowest BCUT2D eigenvalue weighted by atomic mass is 9.96. The molecular formula is C26H37N3O3S. The summed E-state index contributed by atoms with van der Waals surface area (Å²) in [6.07, 6.45) is 2.07. The molecule has 1 fully saturated rings. The van der Waals surface area contributed by atoms with Crippen molar-refractivity contribution in [1.82, 2.24) is 14.5 Å². The third-order valence-corrected chi connectivity index (χ3v) is 8.70. The zero-order chi connectivity index (χ0) is 24.2. The van der Waals surface area contributed by atoms with Crippen molar-refractivity contribution in [2.75, 3.05) is 33.7 Å². The van der Waals surface area contributed by atoms with Crippen LogP contribution >= 0.6 is 0 Å². The molecule has 0 bridgehead atoms. The lowest BCUT2D eigenvalue weighted by molar-refractivity contribution is -0.126. The second-order valence-electron chi connectivity index (χ2n) is 9.27. The van der Waals surface area contributed by atoms with E-state index in [0.29, 0.717) is 37.4 Å². The second-order valence-corrected chi connectivity index (χ2v) is 11.2. The maximum absolute atomic E-state index is 13.1. The highest BCUT2D eigenvalue weighted by molar-refractivity contribution is 7.89. The summed E-state index contributed by atoms with van der Waals surface area (Å²) in [4.78, 5) is 15.3. The molecule has 3 rings (SSSR count). The monoisotopic (exact) mass is 471 g/mol. The van der Waals surface area contributed by atoms with Crippen LogP contribution in [0.15, 0.2) is 47.4 Å². The van der Waals surface area contributed by atoms with Crippen molar-refractivity contribution in [3.63, 3.8) is 0 Å². The third kappa shape index (κ3) is 6.02. The van der Waals surface area contributed by atoms with E-state index in [9.17, 15) is 13.2 Å². The molecule has 1 aliphatic heterocycles. The number of hydrogen-bond acceptors (Lipinski definition) is 4. The van der Waals surface area contributed by atoms with Gasteiger partial charge in [0.05, 0.1) is 10.9 Å². The van der Waals surface area contributed by atoms with E-state index in [1.165, 1.54) is 15.4 Å². The van der Waals surface area contributed by atoms with Gasteiger partial charge in [-0.05, 0) is 70.0 Å². The molecule has 1 N–H and O–H groups in total. The first-order chi connectivity index (χ1) is 15.6. The van der Waals surface area contributed by atoms with Crippen LogP contribution in [0.4, 0.5) is 0 Å². The quantitative estimate of drug-likeness (QED) is 0.638. The minimum atomic E-state index is -3.54. The van der Waals surface area contributed by atoms with Gasteiger partial charge < -0.3 is 10.2 Å². The molecule has 6 nitrogen and oxygen atoms in total.